The molecule has 0 atom stereocenters. The van der Waals surface area contributed by atoms with Crippen LogP contribution in [-0.4, -0.2) is 31.9 Å². The second-order valence-corrected chi connectivity index (χ2v) is 11.2. The fourth-order valence-corrected chi connectivity index (χ4v) is 6.33. The zero-order chi connectivity index (χ0) is 24.0. The van der Waals surface area contributed by atoms with Crippen molar-refractivity contribution in [3.63, 3.8) is 0 Å². The Labute approximate surface area is 200 Å². The number of alkyl halides is 3. The van der Waals surface area contributed by atoms with E-state index in [1.54, 1.807) is 23.4 Å². The number of nitrogens with one attached hydrogen (secondary N) is 2. The number of aromatic amines is 1. The smallest absolute Gasteiger partial charge is 0.346 e. The first-order chi connectivity index (χ1) is 15.5. The molecule has 1 aliphatic rings. The summed E-state index contributed by atoms with van der Waals surface area (Å²) < 4.78 is 69.8. The second kappa shape index (κ2) is 8.65. The second-order valence-electron chi connectivity index (χ2n) is 6.87. The number of carbonyl (C=O) groups is 1. The number of benzene rings is 1. The molecule has 0 saturated carbocycles. The molecule has 7 nitrogen and oxygen atoms in total. The number of aromatic nitrogens is 2. The van der Waals surface area contributed by atoms with Crippen LogP contribution in [0.2, 0.25) is 5.02 Å². The highest BCUT2D eigenvalue weighted by atomic mass is 127. The van der Waals surface area contributed by atoms with E-state index < -0.39 is 58.2 Å². The predicted octanol–water partition coefficient (Wildman–Crippen LogP) is 5.24. The van der Waals surface area contributed by atoms with Crippen molar-refractivity contribution in [1.29, 1.82) is 0 Å². The number of aryl methyl sites for hydroxylation is 1. The molecule has 1 aromatic carbocycles. The maximum Gasteiger partial charge on any atom is 0.417 e. The Bertz CT molecular complexity index is 1450. The molecule has 2 aromatic heterocycles. The highest BCUT2D eigenvalue weighted by Crippen LogP contribution is 2.36. The van der Waals surface area contributed by atoms with Crippen molar-refractivity contribution in [1.82, 2.24) is 9.97 Å². The Kier molecular flexibility index (Phi) is 6.18. The molecule has 3 aromatic rings. The fourth-order valence-electron chi connectivity index (χ4n) is 3.02. The summed E-state index contributed by atoms with van der Waals surface area (Å²) >= 11 is 4.69. The van der Waals surface area contributed by atoms with Crippen molar-refractivity contribution < 1.29 is 26.4 Å². The molecule has 33 heavy (non-hydrogen) atoms. The molecule has 0 saturated heterocycles. The molecule has 0 amide bonds. The number of carbonyl (C=O) groups excluding carboxylic acids is 1. The Morgan fingerprint density at radius 1 is 1.21 bits per heavy atom. The van der Waals surface area contributed by atoms with E-state index in [-0.39, 0.29) is 11.4 Å². The van der Waals surface area contributed by atoms with E-state index in [0.29, 0.717) is 26.5 Å². The monoisotopic (exact) mass is 608 g/mol. The quantitative estimate of drug-likeness (QED) is 0.306. The summed E-state index contributed by atoms with van der Waals surface area (Å²) in [5.41, 5.74) is -0.430. The number of anilines is 1. The van der Waals surface area contributed by atoms with E-state index in [1.807, 2.05) is 0 Å². The average Bonchev–Trinajstić information content (AvgIpc) is 3.21. The van der Waals surface area contributed by atoms with Gasteiger partial charge in [0.05, 0.1) is 28.9 Å². The van der Waals surface area contributed by atoms with Gasteiger partial charge in [0.15, 0.2) is 0 Å². The molecule has 0 bridgehead atoms. The van der Waals surface area contributed by atoms with E-state index in [0.717, 1.165) is 12.1 Å². The van der Waals surface area contributed by atoms with E-state index in [2.05, 4.69) is 19.7 Å². The lowest BCUT2D eigenvalue weighted by atomic mass is 10.1. The highest BCUT2D eigenvalue weighted by molar-refractivity contribution is 14.2. The number of hydrogen-bond donors (Lipinski definition) is 2. The van der Waals surface area contributed by atoms with Gasteiger partial charge in [-0.2, -0.15) is 13.2 Å². The van der Waals surface area contributed by atoms with Gasteiger partial charge in [-0.3, -0.25) is 14.5 Å². The van der Waals surface area contributed by atoms with Gasteiger partial charge in [-0.25, -0.2) is 13.4 Å². The SMILES string of the molecule is Cc1cnc(C(=O)C2=IC=Nc3[nH]ccc32)c(NS(=O)(=O)c2ccc(Cl)c(C(F)(F)F)c2)c1. The van der Waals surface area contributed by atoms with Crippen molar-refractivity contribution in [3.8, 4) is 0 Å². The first-order valence-electron chi connectivity index (χ1n) is 9.09. The first-order valence-corrected chi connectivity index (χ1v) is 13.3. The van der Waals surface area contributed by atoms with Crippen molar-refractivity contribution in [2.24, 2.45) is 4.99 Å². The average molecular weight is 609 g/mol. The van der Waals surface area contributed by atoms with Gasteiger partial charge in [-0.05, 0) is 42.8 Å². The fraction of sp³-hybridized carbons (Fsp3) is 0.100. The van der Waals surface area contributed by atoms with Crippen LogP contribution >= 0.6 is 32.3 Å². The van der Waals surface area contributed by atoms with Gasteiger partial charge in [0.2, 0.25) is 5.78 Å². The maximum atomic E-state index is 13.3. The number of hydrogen-bond acceptors (Lipinski definition) is 5. The van der Waals surface area contributed by atoms with Crippen molar-refractivity contribution in [2.75, 3.05) is 4.72 Å². The normalized spacial score (nSPS) is 13.7. The molecule has 4 rings (SSSR count). The minimum Gasteiger partial charge on any atom is -0.346 e. The Balaban J connectivity index is 1.74. The summed E-state index contributed by atoms with van der Waals surface area (Å²) in [4.78, 5) is 23.9. The van der Waals surface area contributed by atoms with Gasteiger partial charge < -0.3 is 4.98 Å². The van der Waals surface area contributed by atoms with Crippen LogP contribution < -0.4 is 4.72 Å². The van der Waals surface area contributed by atoms with Gasteiger partial charge in [-0.1, -0.05) is 32.3 Å². The number of ketones is 1. The lowest BCUT2D eigenvalue weighted by Gasteiger charge is -2.15. The van der Waals surface area contributed by atoms with Crippen LogP contribution in [0.25, 0.3) is 0 Å². The number of H-pyrrole nitrogens is 1. The van der Waals surface area contributed by atoms with Crippen LogP contribution in [0.15, 0.2) is 52.6 Å². The van der Waals surface area contributed by atoms with Crippen molar-refractivity contribution >= 4 is 67.4 Å². The Hall–Kier alpha value is -2.58. The number of sulfonamides is 1. The molecule has 0 spiro atoms. The third-order valence-corrected chi connectivity index (χ3v) is 8.48. The molecule has 3 heterocycles. The summed E-state index contributed by atoms with van der Waals surface area (Å²) in [5, 5.41) is -0.629. The van der Waals surface area contributed by atoms with E-state index in [1.165, 1.54) is 12.3 Å². The zero-order valence-corrected chi connectivity index (χ0v) is 20.3. The van der Waals surface area contributed by atoms with E-state index in [9.17, 15) is 26.4 Å². The van der Waals surface area contributed by atoms with Gasteiger partial charge >= 0.3 is 6.18 Å². The van der Waals surface area contributed by atoms with Crippen LogP contribution in [0, 0.1) is 6.92 Å². The molecule has 0 unspecified atom stereocenters. The standard InChI is InChI=1S/C20H13ClF3IN4O3S/c1-10-6-15(29-33(31,32)11-2-3-14(21)13(7-11)20(22,23)24)17(27-8-10)18(30)16-12-4-5-26-19(12)28-9-25-16/h2-9,29H,1H3,(H,26,28). The van der Waals surface area contributed by atoms with E-state index >= 15 is 0 Å². The van der Waals surface area contributed by atoms with Crippen molar-refractivity contribution in [3.05, 3.63) is 70.1 Å². The number of Topliss-reactive ketones (excluding diaryl/α,β-unsaturated/α-hetero) is 1. The highest BCUT2D eigenvalue weighted by Gasteiger charge is 2.35. The van der Waals surface area contributed by atoms with Gasteiger partial charge in [0.25, 0.3) is 10.0 Å². The van der Waals surface area contributed by atoms with Gasteiger partial charge in [0, 0.05) is 18.0 Å². The van der Waals surface area contributed by atoms with E-state index in [4.69, 9.17) is 11.6 Å². The summed E-state index contributed by atoms with van der Waals surface area (Å²) in [6, 6.07) is 5.35. The lowest BCUT2D eigenvalue weighted by Crippen LogP contribution is -2.21. The topological polar surface area (TPSA) is 104 Å². The Morgan fingerprint density at radius 3 is 2.70 bits per heavy atom. The van der Waals surface area contributed by atoms with Crippen LogP contribution in [0.1, 0.15) is 27.2 Å². The molecule has 1 aliphatic heterocycles. The minimum atomic E-state index is -4.84. The van der Waals surface area contributed by atoms with Crippen LogP contribution in [0.4, 0.5) is 24.7 Å². The largest absolute Gasteiger partial charge is 0.417 e. The molecule has 0 radical (unpaired) electrons. The van der Waals surface area contributed by atoms with Gasteiger partial charge in [-0.15, -0.1) is 0 Å². The third kappa shape index (κ3) is 4.73. The summed E-state index contributed by atoms with van der Waals surface area (Å²) in [5.74, 6) is 0.0268. The molecule has 13 heteroatoms. The number of pyridine rings is 1. The maximum absolute atomic E-state index is 13.3. The molecule has 0 aliphatic carbocycles. The number of halogens is 5. The Morgan fingerprint density at radius 2 is 1.97 bits per heavy atom. The number of aliphatic imine (C=N–C) groups is 1. The summed E-state index contributed by atoms with van der Waals surface area (Å²) in [6.45, 7) is 1.64. The van der Waals surface area contributed by atoms with Crippen LogP contribution in [-0.2, 0) is 16.2 Å². The number of nitrogens with zero attached hydrogens (tertiary/aromatic N) is 2. The summed E-state index contributed by atoms with van der Waals surface area (Å²) in [7, 11) is -4.50. The molecule has 0 fully saturated rings. The third-order valence-electron chi connectivity index (χ3n) is 4.53. The minimum absolute atomic E-state index is 0.139. The summed E-state index contributed by atoms with van der Waals surface area (Å²) in [6.07, 6.45) is -1.80. The molecular weight excluding hydrogens is 596 g/mol. The number of rotatable bonds is 5. The zero-order valence-electron chi connectivity index (χ0n) is 16.5. The van der Waals surface area contributed by atoms with Crippen LogP contribution in [0.3, 0.4) is 0 Å². The van der Waals surface area contributed by atoms with Crippen LogP contribution in [0.5, 0.6) is 0 Å². The molecular formula is C20H13ClF3IN4O3S. The van der Waals surface area contributed by atoms with Crippen molar-refractivity contribution in [2.45, 2.75) is 18.0 Å². The molecule has 2 N–H and O–H groups in total. The van der Waals surface area contributed by atoms with Gasteiger partial charge in [0.1, 0.15) is 11.5 Å². The number of fused-ring (bicyclic) bond motifs is 1. The first kappa shape index (κ1) is 23.6. The molecule has 172 valence electrons. The lowest BCUT2D eigenvalue weighted by molar-refractivity contribution is -0.137. The predicted molar refractivity (Wildman–Crippen MR) is 128 cm³/mol.